The van der Waals surface area contributed by atoms with Crippen molar-refractivity contribution in [2.45, 2.75) is 4.90 Å². The molecule has 3 N–H and O–H groups in total. The van der Waals surface area contributed by atoms with Crippen molar-refractivity contribution in [2.24, 2.45) is 0 Å². The van der Waals surface area contributed by atoms with Crippen LogP contribution < -0.4 is 15.5 Å². The Bertz CT molecular complexity index is 847. The third-order valence-corrected chi connectivity index (χ3v) is 5.04. The first kappa shape index (κ1) is 18.2. The molecule has 2 aromatic rings. The largest absolute Gasteiger partial charge is 0.346 e. The molecule has 3 rings (SSSR count). The Balaban J connectivity index is 1.74. The SMILES string of the molecule is C[NH+](C)CCNC(=O)c1ccc2c(c1)NC(=O)C(=Cc1ccccc1)S2. The molecule has 5 nitrogen and oxygen atoms in total. The van der Waals surface area contributed by atoms with Gasteiger partial charge in [0.05, 0.1) is 37.8 Å². The van der Waals surface area contributed by atoms with Crippen molar-refractivity contribution >= 4 is 35.3 Å². The highest BCUT2D eigenvalue weighted by molar-refractivity contribution is 8.04. The van der Waals surface area contributed by atoms with Gasteiger partial charge in [-0.05, 0) is 29.8 Å². The summed E-state index contributed by atoms with van der Waals surface area (Å²) in [6.07, 6.45) is 1.87. The third kappa shape index (κ3) is 4.53. The molecule has 1 aliphatic heterocycles. The fourth-order valence-electron chi connectivity index (χ4n) is 2.53. The first-order valence-corrected chi connectivity index (χ1v) is 9.32. The van der Waals surface area contributed by atoms with E-state index in [1.807, 2.05) is 56.6 Å². The molecule has 1 heterocycles. The van der Waals surface area contributed by atoms with E-state index >= 15 is 0 Å². The minimum absolute atomic E-state index is 0.126. The second-order valence-electron chi connectivity index (χ2n) is 6.40. The maximum absolute atomic E-state index is 12.4. The molecule has 2 amide bonds. The van der Waals surface area contributed by atoms with Crippen LogP contribution in [0.15, 0.2) is 58.3 Å². The van der Waals surface area contributed by atoms with E-state index in [2.05, 4.69) is 10.6 Å². The van der Waals surface area contributed by atoms with E-state index in [1.165, 1.54) is 16.7 Å². The molecule has 0 atom stereocenters. The number of likely N-dealkylation sites (N-methyl/N-ethyl adjacent to an activating group) is 1. The number of hydrogen-bond acceptors (Lipinski definition) is 3. The van der Waals surface area contributed by atoms with Crippen LogP contribution in [0.3, 0.4) is 0 Å². The van der Waals surface area contributed by atoms with E-state index < -0.39 is 0 Å². The number of rotatable bonds is 5. The van der Waals surface area contributed by atoms with E-state index in [0.717, 1.165) is 17.0 Å². The number of fused-ring (bicyclic) bond motifs is 1. The summed E-state index contributed by atoms with van der Waals surface area (Å²) in [5.41, 5.74) is 2.21. The van der Waals surface area contributed by atoms with Crippen LogP contribution in [0.25, 0.3) is 6.08 Å². The Labute approximate surface area is 157 Å². The molecule has 0 fully saturated rings. The Morgan fingerprint density at radius 2 is 1.96 bits per heavy atom. The summed E-state index contributed by atoms with van der Waals surface area (Å²) in [5, 5.41) is 5.79. The van der Waals surface area contributed by atoms with E-state index in [1.54, 1.807) is 12.1 Å². The summed E-state index contributed by atoms with van der Waals surface area (Å²) >= 11 is 1.42. The lowest BCUT2D eigenvalue weighted by Crippen LogP contribution is -3.06. The van der Waals surface area contributed by atoms with Crippen LogP contribution in [0.4, 0.5) is 5.69 Å². The number of amides is 2. The van der Waals surface area contributed by atoms with Crippen LogP contribution in [-0.2, 0) is 4.79 Å². The van der Waals surface area contributed by atoms with Crippen LogP contribution >= 0.6 is 11.8 Å². The van der Waals surface area contributed by atoms with Gasteiger partial charge in [0, 0.05) is 10.5 Å². The molecule has 2 aromatic carbocycles. The highest BCUT2D eigenvalue weighted by Crippen LogP contribution is 2.39. The standard InChI is InChI=1S/C20H21N3O2S/c1-23(2)11-10-21-19(24)15-8-9-17-16(13-15)22-20(25)18(26-17)12-14-6-4-3-5-7-14/h3-9,12-13H,10-11H2,1-2H3,(H,21,24)(H,22,25)/p+1. The number of quaternary nitrogens is 1. The maximum atomic E-state index is 12.4. The number of anilines is 1. The molecule has 0 aliphatic carbocycles. The number of benzene rings is 2. The zero-order valence-electron chi connectivity index (χ0n) is 14.8. The zero-order valence-corrected chi connectivity index (χ0v) is 15.7. The fourth-order valence-corrected chi connectivity index (χ4v) is 3.46. The van der Waals surface area contributed by atoms with Crippen LogP contribution in [0.5, 0.6) is 0 Å². The smallest absolute Gasteiger partial charge is 0.262 e. The highest BCUT2D eigenvalue weighted by atomic mass is 32.2. The lowest BCUT2D eigenvalue weighted by molar-refractivity contribution is -0.856. The third-order valence-electron chi connectivity index (χ3n) is 3.94. The highest BCUT2D eigenvalue weighted by Gasteiger charge is 2.22. The predicted molar refractivity (Wildman–Crippen MR) is 105 cm³/mol. The van der Waals surface area contributed by atoms with Crippen molar-refractivity contribution in [2.75, 3.05) is 32.5 Å². The first-order chi connectivity index (χ1) is 12.5. The minimum atomic E-state index is -0.153. The molecule has 0 saturated carbocycles. The number of thioether (sulfide) groups is 1. The van der Waals surface area contributed by atoms with Gasteiger partial charge in [0.1, 0.15) is 0 Å². The van der Waals surface area contributed by atoms with E-state index in [0.29, 0.717) is 22.7 Å². The van der Waals surface area contributed by atoms with Gasteiger partial charge in [-0.3, -0.25) is 9.59 Å². The Morgan fingerprint density at radius 1 is 1.19 bits per heavy atom. The van der Waals surface area contributed by atoms with E-state index in [9.17, 15) is 9.59 Å². The predicted octanol–water partition coefficient (Wildman–Crippen LogP) is 1.65. The number of carbonyl (C=O) groups excluding carboxylic acids is 2. The van der Waals surface area contributed by atoms with E-state index in [-0.39, 0.29) is 11.8 Å². The van der Waals surface area contributed by atoms with Gasteiger partial charge in [0.15, 0.2) is 0 Å². The summed E-state index contributed by atoms with van der Waals surface area (Å²) in [6.45, 7) is 1.47. The first-order valence-electron chi connectivity index (χ1n) is 8.50. The van der Waals surface area contributed by atoms with Crippen molar-refractivity contribution < 1.29 is 14.5 Å². The van der Waals surface area contributed by atoms with Crippen LogP contribution in [0.2, 0.25) is 0 Å². The Kier molecular flexibility index (Phi) is 5.75. The number of nitrogens with one attached hydrogen (secondary N) is 3. The van der Waals surface area contributed by atoms with E-state index in [4.69, 9.17) is 0 Å². The van der Waals surface area contributed by atoms with Gasteiger partial charge in [-0.15, -0.1) is 0 Å². The van der Waals surface area contributed by atoms with Crippen LogP contribution in [0, 0.1) is 0 Å². The minimum Gasteiger partial charge on any atom is -0.346 e. The average Bonchev–Trinajstić information content (AvgIpc) is 2.62. The topological polar surface area (TPSA) is 62.6 Å². The number of hydrogen-bond donors (Lipinski definition) is 3. The fraction of sp³-hybridized carbons (Fsp3) is 0.200. The Hall–Kier alpha value is -2.57. The van der Waals surface area contributed by atoms with Gasteiger partial charge in [-0.1, -0.05) is 42.1 Å². The van der Waals surface area contributed by atoms with Crippen molar-refractivity contribution in [1.82, 2.24) is 5.32 Å². The van der Waals surface area contributed by atoms with Crippen molar-refractivity contribution in [3.8, 4) is 0 Å². The lowest BCUT2D eigenvalue weighted by atomic mass is 10.1. The molecule has 0 radical (unpaired) electrons. The average molecular weight is 368 g/mol. The van der Waals surface area contributed by atoms with Crippen molar-refractivity contribution in [3.05, 3.63) is 64.6 Å². The summed E-state index contributed by atoms with van der Waals surface area (Å²) in [6, 6.07) is 15.1. The molecule has 6 heteroatoms. The molecular formula is C20H22N3O2S+. The number of carbonyl (C=O) groups is 2. The van der Waals surface area contributed by atoms with Gasteiger partial charge in [0.2, 0.25) is 0 Å². The van der Waals surface area contributed by atoms with Crippen LogP contribution in [0.1, 0.15) is 15.9 Å². The molecule has 0 unspecified atom stereocenters. The molecule has 0 spiro atoms. The quantitative estimate of drug-likeness (QED) is 0.703. The summed E-state index contributed by atoms with van der Waals surface area (Å²) < 4.78 is 0. The Morgan fingerprint density at radius 3 is 2.69 bits per heavy atom. The molecule has 26 heavy (non-hydrogen) atoms. The molecule has 134 valence electrons. The second-order valence-corrected chi connectivity index (χ2v) is 7.48. The summed E-state index contributed by atoms with van der Waals surface area (Å²) in [7, 11) is 4.08. The van der Waals surface area contributed by atoms with Gasteiger partial charge < -0.3 is 15.5 Å². The lowest BCUT2D eigenvalue weighted by Gasteiger charge is -2.19. The molecule has 0 saturated heterocycles. The molecule has 0 bridgehead atoms. The maximum Gasteiger partial charge on any atom is 0.262 e. The van der Waals surface area contributed by atoms with Gasteiger partial charge in [0.25, 0.3) is 11.8 Å². The molecule has 0 aromatic heterocycles. The zero-order chi connectivity index (χ0) is 18.5. The van der Waals surface area contributed by atoms with Crippen LogP contribution in [-0.4, -0.2) is 39.0 Å². The van der Waals surface area contributed by atoms with Crippen molar-refractivity contribution in [1.29, 1.82) is 0 Å². The van der Waals surface area contributed by atoms with Gasteiger partial charge in [-0.2, -0.15) is 0 Å². The normalized spacial score (nSPS) is 14.9. The second kappa shape index (κ2) is 8.21. The monoisotopic (exact) mass is 368 g/mol. The van der Waals surface area contributed by atoms with Crippen molar-refractivity contribution in [3.63, 3.8) is 0 Å². The molecular weight excluding hydrogens is 346 g/mol. The van der Waals surface area contributed by atoms with Gasteiger partial charge in [-0.25, -0.2) is 0 Å². The van der Waals surface area contributed by atoms with Gasteiger partial charge >= 0.3 is 0 Å². The summed E-state index contributed by atoms with van der Waals surface area (Å²) in [4.78, 5) is 27.5. The summed E-state index contributed by atoms with van der Waals surface area (Å²) in [5.74, 6) is -0.279. The molecule has 1 aliphatic rings.